The number of carboxylic acids is 1. The van der Waals surface area contributed by atoms with E-state index in [2.05, 4.69) is 43.4 Å². The molecule has 7 nitrogen and oxygen atoms in total. The molecule has 7 heteroatoms. The Bertz CT molecular complexity index is 1200. The second-order valence-corrected chi connectivity index (χ2v) is 8.43. The number of carboxylic acid groups (broad SMARTS) is 1. The average molecular weight is 431 g/mol. The molecule has 3 rings (SSSR count). The van der Waals surface area contributed by atoms with Gasteiger partial charge in [0.2, 0.25) is 0 Å². The number of pyridine rings is 1. The van der Waals surface area contributed by atoms with Gasteiger partial charge in [-0.15, -0.1) is 0 Å². The van der Waals surface area contributed by atoms with E-state index in [-0.39, 0.29) is 16.5 Å². The molecule has 1 amide bonds. The molecule has 0 bridgehead atoms. The summed E-state index contributed by atoms with van der Waals surface area (Å²) in [5.74, 6) is -1.64. The maximum Gasteiger partial charge on any atom is 0.335 e. The van der Waals surface area contributed by atoms with Gasteiger partial charge in [-0.1, -0.05) is 57.2 Å². The first kappa shape index (κ1) is 22.7. The van der Waals surface area contributed by atoms with E-state index in [1.165, 1.54) is 34.5 Å². The Kier molecular flexibility index (Phi) is 6.68. The molecule has 3 aromatic rings. The highest BCUT2D eigenvalue weighted by Gasteiger charge is 2.14. The van der Waals surface area contributed by atoms with Crippen LogP contribution in [0.3, 0.4) is 0 Å². The van der Waals surface area contributed by atoms with Crippen molar-refractivity contribution in [1.29, 1.82) is 0 Å². The summed E-state index contributed by atoms with van der Waals surface area (Å²) in [4.78, 5) is 36.1. The molecule has 2 aromatic carbocycles. The smallest absolute Gasteiger partial charge is 0.335 e. The number of aromatic nitrogens is 1. The summed E-state index contributed by atoms with van der Waals surface area (Å²) in [5.41, 5.74) is 4.89. The van der Waals surface area contributed by atoms with Crippen LogP contribution in [0.15, 0.2) is 76.8 Å². The molecule has 1 heterocycles. The molecule has 0 fully saturated rings. The standard InChI is InChI=1S/C25H25N3O4/c1-25(2,3)20-12-8-18(9-13-20)16-28-14-4-5-21(23(28)30)22(29)27-26-15-17-6-10-19(11-7-17)24(31)32/h4-15H,16H2,1-3H3,(H,27,29)(H,31,32)/b26-15-. The second-order valence-electron chi connectivity index (χ2n) is 8.43. The maximum atomic E-state index is 12.8. The van der Waals surface area contributed by atoms with Gasteiger partial charge in [-0.2, -0.15) is 5.10 Å². The molecular formula is C25H25N3O4. The third-order valence-electron chi connectivity index (χ3n) is 4.98. The fourth-order valence-corrected chi connectivity index (χ4v) is 3.08. The highest BCUT2D eigenvalue weighted by Crippen LogP contribution is 2.22. The normalized spacial score (nSPS) is 11.5. The Balaban J connectivity index is 1.69. The molecule has 0 aliphatic carbocycles. The Morgan fingerprint density at radius 3 is 2.28 bits per heavy atom. The summed E-state index contributed by atoms with van der Waals surface area (Å²) < 4.78 is 1.48. The number of benzene rings is 2. The number of rotatable bonds is 6. The fourth-order valence-electron chi connectivity index (χ4n) is 3.08. The predicted octanol–water partition coefficient (Wildman–Crippen LogP) is 3.66. The molecule has 0 atom stereocenters. The van der Waals surface area contributed by atoms with Crippen LogP contribution in [0.1, 0.15) is 58.2 Å². The van der Waals surface area contributed by atoms with Crippen molar-refractivity contribution in [1.82, 2.24) is 9.99 Å². The third kappa shape index (κ3) is 5.57. The lowest BCUT2D eigenvalue weighted by Crippen LogP contribution is -2.30. The molecule has 0 saturated heterocycles. The largest absolute Gasteiger partial charge is 0.478 e. The zero-order valence-corrected chi connectivity index (χ0v) is 18.2. The van der Waals surface area contributed by atoms with Crippen LogP contribution in [0.4, 0.5) is 0 Å². The van der Waals surface area contributed by atoms with Crippen LogP contribution >= 0.6 is 0 Å². The van der Waals surface area contributed by atoms with Crippen molar-refractivity contribution in [3.63, 3.8) is 0 Å². The monoisotopic (exact) mass is 431 g/mol. The number of nitrogens with one attached hydrogen (secondary N) is 1. The van der Waals surface area contributed by atoms with E-state index in [0.717, 1.165) is 5.56 Å². The van der Waals surface area contributed by atoms with Crippen LogP contribution in [0.25, 0.3) is 0 Å². The molecule has 0 aliphatic heterocycles. The minimum Gasteiger partial charge on any atom is -0.478 e. The van der Waals surface area contributed by atoms with Gasteiger partial charge in [-0.3, -0.25) is 9.59 Å². The zero-order valence-electron chi connectivity index (χ0n) is 18.2. The lowest BCUT2D eigenvalue weighted by atomic mass is 9.87. The average Bonchev–Trinajstić information content (AvgIpc) is 2.75. The summed E-state index contributed by atoms with van der Waals surface area (Å²) in [6, 6.07) is 17.2. The van der Waals surface area contributed by atoms with Crippen molar-refractivity contribution < 1.29 is 14.7 Å². The quantitative estimate of drug-likeness (QED) is 0.459. The topological polar surface area (TPSA) is 101 Å². The van der Waals surface area contributed by atoms with Crippen LogP contribution in [0.5, 0.6) is 0 Å². The van der Waals surface area contributed by atoms with Crippen LogP contribution in [0, 0.1) is 0 Å². The van der Waals surface area contributed by atoms with E-state index >= 15 is 0 Å². The van der Waals surface area contributed by atoms with E-state index in [0.29, 0.717) is 12.1 Å². The Hall–Kier alpha value is -4.00. The van der Waals surface area contributed by atoms with Crippen LogP contribution in [-0.2, 0) is 12.0 Å². The molecule has 0 unspecified atom stereocenters. The highest BCUT2D eigenvalue weighted by atomic mass is 16.4. The van der Waals surface area contributed by atoms with Crippen molar-refractivity contribution in [3.05, 3.63) is 105 Å². The first-order chi connectivity index (χ1) is 15.1. The number of hydrogen-bond donors (Lipinski definition) is 2. The first-order valence-electron chi connectivity index (χ1n) is 10.1. The Morgan fingerprint density at radius 2 is 1.69 bits per heavy atom. The first-order valence-corrected chi connectivity index (χ1v) is 10.1. The molecule has 0 aliphatic rings. The van der Waals surface area contributed by atoms with Crippen molar-refractivity contribution in [2.24, 2.45) is 5.10 Å². The Morgan fingerprint density at radius 1 is 1.03 bits per heavy atom. The van der Waals surface area contributed by atoms with Gasteiger partial charge in [0.05, 0.1) is 18.3 Å². The van der Waals surface area contributed by atoms with Gasteiger partial charge in [-0.05, 0) is 46.4 Å². The van der Waals surface area contributed by atoms with Gasteiger partial charge < -0.3 is 9.67 Å². The number of hydrogen-bond acceptors (Lipinski definition) is 4. The number of aromatic carboxylic acids is 1. The summed E-state index contributed by atoms with van der Waals surface area (Å²) in [6.45, 7) is 6.77. The van der Waals surface area contributed by atoms with Gasteiger partial charge in [-0.25, -0.2) is 10.2 Å². The molecule has 0 saturated carbocycles. The number of nitrogens with zero attached hydrogens (tertiary/aromatic N) is 2. The van der Waals surface area contributed by atoms with Gasteiger partial charge in [0.1, 0.15) is 5.56 Å². The van der Waals surface area contributed by atoms with E-state index < -0.39 is 17.4 Å². The second kappa shape index (κ2) is 9.43. The van der Waals surface area contributed by atoms with E-state index in [1.54, 1.807) is 24.4 Å². The van der Waals surface area contributed by atoms with E-state index in [9.17, 15) is 14.4 Å². The van der Waals surface area contributed by atoms with Crippen molar-refractivity contribution in [2.75, 3.05) is 0 Å². The third-order valence-corrected chi connectivity index (χ3v) is 4.98. The van der Waals surface area contributed by atoms with Gasteiger partial charge in [0.25, 0.3) is 11.5 Å². The predicted molar refractivity (Wildman–Crippen MR) is 123 cm³/mol. The number of amides is 1. The molecule has 0 spiro atoms. The summed E-state index contributed by atoms with van der Waals surface area (Å²) in [6.07, 6.45) is 3.02. The van der Waals surface area contributed by atoms with E-state index in [1.807, 2.05) is 12.1 Å². The lowest BCUT2D eigenvalue weighted by molar-refractivity contribution is 0.0696. The molecule has 32 heavy (non-hydrogen) atoms. The molecule has 1 aromatic heterocycles. The summed E-state index contributed by atoms with van der Waals surface area (Å²) in [7, 11) is 0. The SMILES string of the molecule is CC(C)(C)c1ccc(Cn2cccc(C(=O)N/N=C\c3ccc(C(=O)O)cc3)c2=O)cc1. The molecule has 164 valence electrons. The van der Waals surface area contributed by atoms with Crippen LogP contribution in [0.2, 0.25) is 0 Å². The zero-order chi connectivity index (χ0) is 23.3. The minimum absolute atomic E-state index is 0.0165. The molecule has 0 radical (unpaired) electrons. The number of carbonyl (C=O) groups is 2. The van der Waals surface area contributed by atoms with Gasteiger partial charge in [0.15, 0.2) is 0 Å². The summed E-state index contributed by atoms with van der Waals surface area (Å²) >= 11 is 0. The number of hydrazone groups is 1. The lowest BCUT2D eigenvalue weighted by Gasteiger charge is -2.19. The minimum atomic E-state index is -1.02. The van der Waals surface area contributed by atoms with Crippen molar-refractivity contribution >= 4 is 18.1 Å². The highest BCUT2D eigenvalue weighted by molar-refractivity contribution is 5.94. The van der Waals surface area contributed by atoms with Crippen molar-refractivity contribution in [3.8, 4) is 0 Å². The van der Waals surface area contributed by atoms with Gasteiger partial charge in [0, 0.05) is 6.20 Å². The maximum absolute atomic E-state index is 12.8. The van der Waals surface area contributed by atoms with Crippen LogP contribution in [-0.4, -0.2) is 27.8 Å². The number of carbonyl (C=O) groups excluding carboxylic acids is 1. The van der Waals surface area contributed by atoms with Crippen LogP contribution < -0.4 is 11.0 Å². The summed E-state index contributed by atoms with van der Waals surface area (Å²) in [5, 5.41) is 12.8. The fraction of sp³-hybridized carbons (Fsp3) is 0.200. The van der Waals surface area contributed by atoms with Gasteiger partial charge >= 0.3 is 5.97 Å². The molecular weight excluding hydrogens is 406 g/mol. The molecule has 2 N–H and O–H groups in total. The van der Waals surface area contributed by atoms with E-state index in [4.69, 9.17) is 5.11 Å². The van der Waals surface area contributed by atoms with Crippen molar-refractivity contribution in [2.45, 2.75) is 32.7 Å². The Labute approximate surface area is 186 Å².